The molecule has 1 aromatic carbocycles. The fourth-order valence-corrected chi connectivity index (χ4v) is 2.15. The lowest BCUT2D eigenvalue weighted by Gasteiger charge is -2.29. The molecule has 0 radical (unpaired) electrons. The number of rotatable bonds is 8. The van der Waals surface area contributed by atoms with Gasteiger partial charge in [0.25, 0.3) is 0 Å². The Labute approximate surface area is 129 Å². The molecule has 2 atom stereocenters. The number of primary amides is 1. The Kier molecular flexibility index (Phi) is 6.52. The standard InChI is InChI=1S/C15H21N3O4/c1-17-11(9-13(19)20)15(22)18(2)12(14(16)21)8-10-6-4-3-5-7-10/h3-7,11-12,17H,8-9H2,1-2H3,(H2,16,21)(H,19,20)/t11-,12+/m1/s1. The first-order chi connectivity index (χ1) is 10.4. The second-order valence-electron chi connectivity index (χ2n) is 5.00. The number of carbonyl (C=O) groups excluding carboxylic acids is 2. The summed E-state index contributed by atoms with van der Waals surface area (Å²) in [6.07, 6.45) is -0.0849. The maximum atomic E-state index is 12.3. The third kappa shape index (κ3) is 4.85. The lowest BCUT2D eigenvalue weighted by Crippen LogP contribution is -2.53. The zero-order valence-electron chi connectivity index (χ0n) is 12.7. The first-order valence-electron chi connectivity index (χ1n) is 6.85. The number of nitrogens with two attached hydrogens (primary N) is 1. The third-order valence-corrected chi connectivity index (χ3v) is 3.44. The van der Waals surface area contributed by atoms with E-state index in [1.54, 1.807) is 0 Å². The van der Waals surface area contributed by atoms with E-state index in [2.05, 4.69) is 5.32 Å². The predicted molar refractivity (Wildman–Crippen MR) is 81.0 cm³/mol. The highest BCUT2D eigenvalue weighted by Gasteiger charge is 2.30. The van der Waals surface area contributed by atoms with Crippen LogP contribution in [0.3, 0.4) is 0 Å². The molecule has 4 N–H and O–H groups in total. The van der Waals surface area contributed by atoms with E-state index in [0.717, 1.165) is 5.56 Å². The van der Waals surface area contributed by atoms with Gasteiger partial charge in [0.05, 0.1) is 12.5 Å². The zero-order valence-corrected chi connectivity index (χ0v) is 12.7. The Balaban J connectivity index is 2.88. The van der Waals surface area contributed by atoms with Crippen molar-refractivity contribution < 1.29 is 19.5 Å². The van der Waals surface area contributed by atoms with Gasteiger partial charge in [-0.15, -0.1) is 0 Å². The fourth-order valence-electron chi connectivity index (χ4n) is 2.15. The Morgan fingerprint density at radius 1 is 1.27 bits per heavy atom. The highest BCUT2D eigenvalue weighted by Crippen LogP contribution is 2.10. The number of nitrogens with one attached hydrogen (secondary N) is 1. The molecule has 22 heavy (non-hydrogen) atoms. The topological polar surface area (TPSA) is 113 Å². The molecule has 0 spiro atoms. The molecule has 0 fully saturated rings. The molecule has 2 amide bonds. The van der Waals surface area contributed by atoms with Gasteiger partial charge in [-0.2, -0.15) is 0 Å². The smallest absolute Gasteiger partial charge is 0.305 e. The van der Waals surface area contributed by atoms with Crippen molar-refractivity contribution in [3.05, 3.63) is 35.9 Å². The summed E-state index contributed by atoms with van der Waals surface area (Å²) in [4.78, 5) is 36.0. The summed E-state index contributed by atoms with van der Waals surface area (Å²) in [6, 6.07) is 7.44. The maximum Gasteiger partial charge on any atom is 0.305 e. The van der Waals surface area contributed by atoms with Crippen LogP contribution in [0.25, 0.3) is 0 Å². The molecular weight excluding hydrogens is 286 g/mol. The van der Waals surface area contributed by atoms with Crippen LogP contribution < -0.4 is 11.1 Å². The lowest BCUT2D eigenvalue weighted by atomic mass is 10.0. The Morgan fingerprint density at radius 3 is 2.32 bits per heavy atom. The van der Waals surface area contributed by atoms with E-state index >= 15 is 0 Å². The molecule has 1 rings (SSSR count). The van der Waals surface area contributed by atoms with E-state index in [9.17, 15) is 14.4 Å². The largest absolute Gasteiger partial charge is 0.481 e. The van der Waals surface area contributed by atoms with Crippen molar-refractivity contribution in [1.29, 1.82) is 0 Å². The molecule has 0 saturated heterocycles. The molecule has 0 bridgehead atoms. The van der Waals surface area contributed by atoms with Gasteiger partial charge >= 0.3 is 5.97 Å². The number of carboxylic acids is 1. The highest BCUT2D eigenvalue weighted by molar-refractivity contribution is 5.91. The van der Waals surface area contributed by atoms with Gasteiger partial charge in [0, 0.05) is 13.5 Å². The molecule has 0 aromatic heterocycles. The first-order valence-corrected chi connectivity index (χ1v) is 6.85. The van der Waals surface area contributed by atoms with Gasteiger partial charge in [-0.05, 0) is 12.6 Å². The molecule has 7 heteroatoms. The molecule has 0 aliphatic heterocycles. The van der Waals surface area contributed by atoms with Gasteiger partial charge in [-0.3, -0.25) is 14.4 Å². The first kappa shape index (κ1) is 17.6. The van der Waals surface area contributed by atoms with Crippen molar-refractivity contribution >= 4 is 17.8 Å². The molecule has 0 saturated carbocycles. The number of carboxylic acid groups (broad SMARTS) is 1. The molecular formula is C15H21N3O4. The van der Waals surface area contributed by atoms with Crippen LogP contribution >= 0.6 is 0 Å². The minimum absolute atomic E-state index is 0.280. The average molecular weight is 307 g/mol. The minimum Gasteiger partial charge on any atom is -0.481 e. The van der Waals surface area contributed by atoms with E-state index in [1.165, 1.54) is 19.0 Å². The summed E-state index contributed by atoms with van der Waals surface area (Å²) in [5.74, 6) is -2.21. The third-order valence-electron chi connectivity index (χ3n) is 3.44. The molecule has 0 aliphatic rings. The van der Waals surface area contributed by atoms with Crippen molar-refractivity contribution in [2.75, 3.05) is 14.1 Å². The van der Waals surface area contributed by atoms with Gasteiger partial charge in [-0.1, -0.05) is 30.3 Å². The molecule has 7 nitrogen and oxygen atoms in total. The van der Waals surface area contributed by atoms with Crippen molar-refractivity contribution in [1.82, 2.24) is 10.2 Å². The van der Waals surface area contributed by atoms with Gasteiger partial charge < -0.3 is 21.1 Å². The number of carbonyl (C=O) groups is 3. The van der Waals surface area contributed by atoms with Gasteiger partial charge in [0.1, 0.15) is 6.04 Å². The van der Waals surface area contributed by atoms with Crippen LogP contribution in [0, 0.1) is 0 Å². The van der Waals surface area contributed by atoms with Crippen molar-refractivity contribution in [3.63, 3.8) is 0 Å². The predicted octanol–water partition coefficient (Wildman–Crippen LogP) is -0.396. The average Bonchev–Trinajstić information content (AvgIpc) is 2.49. The summed E-state index contributed by atoms with van der Waals surface area (Å²) >= 11 is 0. The number of likely N-dealkylation sites (N-methyl/N-ethyl adjacent to an activating group) is 2. The fraction of sp³-hybridized carbons (Fsp3) is 0.400. The van der Waals surface area contributed by atoms with Crippen molar-refractivity contribution in [2.45, 2.75) is 24.9 Å². The summed E-state index contributed by atoms with van der Waals surface area (Å²) < 4.78 is 0. The zero-order chi connectivity index (χ0) is 16.7. The molecule has 0 unspecified atom stereocenters. The second kappa shape index (κ2) is 8.14. The number of hydrogen-bond acceptors (Lipinski definition) is 4. The Morgan fingerprint density at radius 2 is 1.86 bits per heavy atom. The second-order valence-corrected chi connectivity index (χ2v) is 5.00. The van der Waals surface area contributed by atoms with Crippen LogP contribution in [0.5, 0.6) is 0 Å². The minimum atomic E-state index is -1.10. The monoisotopic (exact) mass is 307 g/mol. The van der Waals surface area contributed by atoms with Gasteiger partial charge in [0.15, 0.2) is 0 Å². The number of hydrogen-bond donors (Lipinski definition) is 3. The SMILES string of the molecule is CN[C@H](CC(=O)O)C(=O)N(C)[C@@H](Cc1ccccc1)C(N)=O. The van der Waals surface area contributed by atoms with Crippen LogP contribution in [0.4, 0.5) is 0 Å². The van der Waals surface area contributed by atoms with E-state index in [-0.39, 0.29) is 12.8 Å². The molecule has 0 aliphatic carbocycles. The Bertz CT molecular complexity index is 533. The summed E-state index contributed by atoms with van der Waals surface area (Å²) in [5.41, 5.74) is 6.26. The van der Waals surface area contributed by atoms with Gasteiger partial charge in [0.2, 0.25) is 11.8 Å². The van der Waals surface area contributed by atoms with Crippen LogP contribution in [-0.4, -0.2) is 54.0 Å². The molecule has 1 aromatic rings. The van der Waals surface area contributed by atoms with E-state index < -0.39 is 29.9 Å². The van der Waals surface area contributed by atoms with Crippen molar-refractivity contribution in [3.8, 4) is 0 Å². The van der Waals surface area contributed by atoms with Crippen LogP contribution in [0.2, 0.25) is 0 Å². The van der Waals surface area contributed by atoms with Crippen LogP contribution in [-0.2, 0) is 20.8 Å². The summed E-state index contributed by atoms with van der Waals surface area (Å²) in [5, 5.41) is 11.5. The highest BCUT2D eigenvalue weighted by atomic mass is 16.4. The van der Waals surface area contributed by atoms with Crippen LogP contribution in [0.15, 0.2) is 30.3 Å². The Hall–Kier alpha value is -2.41. The number of benzene rings is 1. The lowest BCUT2D eigenvalue weighted by molar-refractivity contribution is -0.144. The number of nitrogens with zero attached hydrogens (tertiary/aromatic N) is 1. The van der Waals surface area contributed by atoms with E-state index in [0.29, 0.717) is 0 Å². The quantitative estimate of drug-likeness (QED) is 0.605. The number of amides is 2. The maximum absolute atomic E-state index is 12.3. The van der Waals surface area contributed by atoms with E-state index in [4.69, 9.17) is 10.8 Å². The van der Waals surface area contributed by atoms with E-state index in [1.807, 2.05) is 30.3 Å². The molecule has 120 valence electrons. The summed E-state index contributed by atoms with van der Waals surface area (Å²) in [6.45, 7) is 0. The van der Waals surface area contributed by atoms with Gasteiger partial charge in [-0.25, -0.2) is 0 Å². The van der Waals surface area contributed by atoms with Crippen LogP contribution in [0.1, 0.15) is 12.0 Å². The summed E-state index contributed by atoms with van der Waals surface area (Å²) in [7, 11) is 2.95. The molecule has 0 heterocycles. The van der Waals surface area contributed by atoms with Crippen molar-refractivity contribution in [2.24, 2.45) is 5.73 Å². The number of aliphatic carboxylic acids is 1. The normalized spacial score (nSPS) is 13.2.